The number of carbonyl (C=O) groups is 2. The van der Waals surface area contributed by atoms with Crippen LogP contribution in [0.5, 0.6) is 0 Å². The largest absolute Gasteiger partial charge is 0.481 e. The van der Waals surface area contributed by atoms with E-state index in [-0.39, 0.29) is 12.2 Å². The van der Waals surface area contributed by atoms with Gasteiger partial charge in [0, 0.05) is 12.7 Å². The molecular weight excluding hydrogens is 262 g/mol. The summed E-state index contributed by atoms with van der Waals surface area (Å²) < 4.78 is 0. The van der Waals surface area contributed by atoms with Gasteiger partial charge in [-0.2, -0.15) is 0 Å². The molecule has 1 aromatic heterocycles. The highest BCUT2D eigenvalue weighted by Crippen LogP contribution is 2.14. The van der Waals surface area contributed by atoms with Gasteiger partial charge in [0.25, 0.3) is 5.91 Å². The Bertz CT molecular complexity index is 660. The molecule has 0 aliphatic carbocycles. The Morgan fingerprint density at radius 3 is 2.50 bits per heavy atom. The van der Waals surface area contributed by atoms with E-state index in [1.54, 1.807) is 30.3 Å². The van der Waals surface area contributed by atoms with E-state index in [0.717, 1.165) is 0 Å². The molecule has 1 heterocycles. The number of hydrogen-bond donors (Lipinski definition) is 4. The van der Waals surface area contributed by atoms with Crippen molar-refractivity contribution in [1.29, 1.82) is 0 Å². The maximum atomic E-state index is 11.7. The summed E-state index contributed by atoms with van der Waals surface area (Å²) >= 11 is 0. The Morgan fingerprint density at radius 2 is 1.95 bits per heavy atom. The van der Waals surface area contributed by atoms with Crippen molar-refractivity contribution in [2.45, 2.75) is 5.92 Å². The summed E-state index contributed by atoms with van der Waals surface area (Å²) in [6.45, 7) is -0.0641. The van der Waals surface area contributed by atoms with Gasteiger partial charge in [0.05, 0.1) is 5.92 Å². The Kier molecular flexibility index (Phi) is 3.99. The number of hydrogen-bond acceptors (Lipinski definition) is 3. The lowest BCUT2D eigenvalue weighted by Crippen LogP contribution is -2.32. The summed E-state index contributed by atoms with van der Waals surface area (Å²) in [6, 6.07) is 8.62. The minimum absolute atomic E-state index is 0.0622. The van der Waals surface area contributed by atoms with Gasteiger partial charge in [-0.05, 0) is 5.56 Å². The van der Waals surface area contributed by atoms with Gasteiger partial charge in [0.15, 0.2) is 0 Å². The standard InChI is InChI=1S/C13H13N3O4/c17-11(10-7-15-13(20)16-10)14-6-9(12(18)19)8-4-2-1-3-5-8/h1-5,7,9H,6H2,(H,14,17)(H,18,19)(H2,15,16,20). The summed E-state index contributed by atoms with van der Waals surface area (Å²) in [5.41, 5.74) is 0.169. The Morgan fingerprint density at radius 1 is 1.25 bits per heavy atom. The third-order valence-corrected chi connectivity index (χ3v) is 2.81. The molecule has 1 atom stereocenters. The molecule has 0 fully saturated rings. The van der Waals surface area contributed by atoms with Crippen molar-refractivity contribution >= 4 is 11.9 Å². The second-order valence-corrected chi connectivity index (χ2v) is 4.17. The van der Waals surface area contributed by atoms with Gasteiger partial charge < -0.3 is 20.4 Å². The van der Waals surface area contributed by atoms with Crippen LogP contribution >= 0.6 is 0 Å². The summed E-state index contributed by atoms with van der Waals surface area (Å²) in [6.07, 6.45) is 1.23. The van der Waals surface area contributed by atoms with Crippen LogP contribution in [0.3, 0.4) is 0 Å². The third kappa shape index (κ3) is 3.14. The molecule has 104 valence electrons. The highest BCUT2D eigenvalue weighted by molar-refractivity contribution is 5.92. The molecule has 7 nitrogen and oxygen atoms in total. The molecule has 4 N–H and O–H groups in total. The quantitative estimate of drug-likeness (QED) is 0.628. The Balaban J connectivity index is 2.05. The normalized spacial score (nSPS) is 11.8. The SMILES string of the molecule is O=C(NCC(C(=O)O)c1ccccc1)c1c[nH]c(=O)[nH]1. The van der Waals surface area contributed by atoms with Crippen LogP contribution in [0.25, 0.3) is 0 Å². The average molecular weight is 275 g/mol. The van der Waals surface area contributed by atoms with E-state index in [0.29, 0.717) is 5.56 Å². The third-order valence-electron chi connectivity index (χ3n) is 2.81. The fraction of sp³-hybridized carbons (Fsp3) is 0.154. The summed E-state index contributed by atoms with van der Waals surface area (Å²) in [5.74, 6) is -2.41. The zero-order valence-corrected chi connectivity index (χ0v) is 10.4. The van der Waals surface area contributed by atoms with Gasteiger partial charge in [-0.15, -0.1) is 0 Å². The van der Waals surface area contributed by atoms with Gasteiger partial charge >= 0.3 is 11.7 Å². The summed E-state index contributed by atoms with van der Waals surface area (Å²) in [4.78, 5) is 38.4. The molecule has 0 saturated carbocycles. The molecule has 2 rings (SSSR count). The summed E-state index contributed by atoms with van der Waals surface area (Å²) in [5, 5.41) is 11.7. The van der Waals surface area contributed by atoms with Crippen molar-refractivity contribution in [3.05, 3.63) is 58.3 Å². The second-order valence-electron chi connectivity index (χ2n) is 4.17. The van der Waals surface area contributed by atoms with E-state index in [9.17, 15) is 19.5 Å². The average Bonchev–Trinajstić information content (AvgIpc) is 2.86. The van der Waals surface area contributed by atoms with Crippen LogP contribution in [0.15, 0.2) is 41.3 Å². The highest BCUT2D eigenvalue weighted by Gasteiger charge is 2.20. The molecule has 0 radical (unpaired) electrons. The number of aromatic nitrogens is 2. The van der Waals surface area contributed by atoms with Gasteiger partial charge in [-0.25, -0.2) is 4.79 Å². The Labute approximate surface area is 113 Å². The number of carboxylic acids is 1. The van der Waals surface area contributed by atoms with E-state index in [4.69, 9.17) is 0 Å². The lowest BCUT2D eigenvalue weighted by molar-refractivity contribution is -0.138. The number of carboxylic acid groups (broad SMARTS) is 1. The van der Waals surface area contributed by atoms with Crippen molar-refractivity contribution in [3.63, 3.8) is 0 Å². The molecule has 2 aromatic rings. The molecule has 1 unspecified atom stereocenters. The number of aromatic amines is 2. The predicted octanol–water partition coefficient (Wildman–Crippen LogP) is 0.301. The molecule has 1 aromatic carbocycles. The van der Waals surface area contributed by atoms with Crippen LogP contribution in [0.2, 0.25) is 0 Å². The molecule has 20 heavy (non-hydrogen) atoms. The second kappa shape index (κ2) is 5.87. The highest BCUT2D eigenvalue weighted by atomic mass is 16.4. The van der Waals surface area contributed by atoms with Gasteiger partial charge in [-0.1, -0.05) is 30.3 Å². The number of imidazole rings is 1. The van der Waals surface area contributed by atoms with Crippen LogP contribution in [0.1, 0.15) is 22.0 Å². The maximum absolute atomic E-state index is 11.7. The van der Waals surface area contributed by atoms with E-state index < -0.39 is 23.5 Å². The maximum Gasteiger partial charge on any atom is 0.323 e. The van der Waals surface area contributed by atoms with E-state index in [1.807, 2.05) is 0 Å². The van der Waals surface area contributed by atoms with Crippen LogP contribution in [-0.4, -0.2) is 33.5 Å². The smallest absolute Gasteiger partial charge is 0.323 e. The van der Waals surface area contributed by atoms with Gasteiger partial charge in [-0.3, -0.25) is 9.59 Å². The van der Waals surface area contributed by atoms with Crippen LogP contribution in [0.4, 0.5) is 0 Å². The molecule has 0 bridgehead atoms. The monoisotopic (exact) mass is 275 g/mol. The molecule has 0 aliphatic rings. The van der Waals surface area contributed by atoms with Crippen LogP contribution in [0, 0.1) is 0 Å². The van der Waals surface area contributed by atoms with Crippen molar-refractivity contribution in [2.75, 3.05) is 6.54 Å². The van der Waals surface area contributed by atoms with Crippen LogP contribution in [-0.2, 0) is 4.79 Å². The number of rotatable bonds is 5. The summed E-state index contributed by atoms with van der Waals surface area (Å²) in [7, 11) is 0. The molecule has 0 aliphatic heterocycles. The minimum Gasteiger partial charge on any atom is -0.481 e. The number of H-pyrrole nitrogens is 2. The molecule has 0 spiro atoms. The number of amides is 1. The molecule has 0 saturated heterocycles. The lowest BCUT2D eigenvalue weighted by Gasteiger charge is -2.13. The zero-order chi connectivity index (χ0) is 14.5. The number of benzene rings is 1. The fourth-order valence-corrected chi connectivity index (χ4v) is 1.78. The molecule has 1 amide bonds. The van der Waals surface area contributed by atoms with Gasteiger partial charge in [0.2, 0.25) is 0 Å². The van der Waals surface area contributed by atoms with Crippen molar-refractivity contribution in [3.8, 4) is 0 Å². The molecular formula is C13H13N3O4. The first-order valence-corrected chi connectivity index (χ1v) is 5.91. The first-order valence-electron chi connectivity index (χ1n) is 5.91. The fourth-order valence-electron chi connectivity index (χ4n) is 1.78. The minimum atomic E-state index is -1.03. The Hall–Kier alpha value is -2.83. The van der Waals surface area contributed by atoms with Crippen molar-refractivity contribution in [2.24, 2.45) is 0 Å². The number of nitrogens with one attached hydrogen (secondary N) is 3. The van der Waals surface area contributed by atoms with E-state index in [2.05, 4.69) is 15.3 Å². The van der Waals surface area contributed by atoms with Crippen molar-refractivity contribution < 1.29 is 14.7 Å². The zero-order valence-electron chi connectivity index (χ0n) is 10.4. The lowest BCUT2D eigenvalue weighted by atomic mass is 9.99. The van der Waals surface area contributed by atoms with Crippen molar-refractivity contribution in [1.82, 2.24) is 15.3 Å². The topological polar surface area (TPSA) is 115 Å². The number of carbonyl (C=O) groups excluding carboxylic acids is 1. The van der Waals surface area contributed by atoms with E-state index in [1.165, 1.54) is 6.20 Å². The van der Waals surface area contributed by atoms with Crippen LogP contribution < -0.4 is 11.0 Å². The first-order chi connectivity index (χ1) is 9.58. The molecule has 7 heteroatoms. The van der Waals surface area contributed by atoms with Gasteiger partial charge in [0.1, 0.15) is 5.69 Å². The first kappa shape index (κ1) is 13.6. The number of aliphatic carboxylic acids is 1. The predicted molar refractivity (Wildman–Crippen MR) is 70.6 cm³/mol. The van der Waals surface area contributed by atoms with E-state index >= 15 is 0 Å².